The van der Waals surface area contributed by atoms with Gasteiger partial charge in [0, 0.05) is 12.2 Å². The third-order valence-electron chi connectivity index (χ3n) is 4.89. The second kappa shape index (κ2) is 13.0. The van der Waals surface area contributed by atoms with Gasteiger partial charge in [-0.1, -0.05) is 26.0 Å². The summed E-state index contributed by atoms with van der Waals surface area (Å²) >= 11 is 4.04. The standard InChI is InChI=1S/C21H32N4O7S/c1-10(2)16(22)19(29)25-17(11(3)26)20(30)24-15(9-33)18(28)23-14(21(31)32)8-12-4-6-13(27)7-5-12/h4-7,10-11,14-17,26-27,33H,8-9,22H2,1-3H3,(H,23,28)(H,24,30)(H,25,29)(H,31,32). The third kappa shape index (κ3) is 8.91. The number of nitrogens with two attached hydrogens (primary N) is 1. The molecule has 0 aromatic heterocycles. The minimum Gasteiger partial charge on any atom is -0.508 e. The van der Waals surface area contributed by atoms with Gasteiger partial charge in [0.05, 0.1) is 12.1 Å². The molecule has 0 aliphatic carbocycles. The van der Waals surface area contributed by atoms with Crippen LogP contribution in [0.15, 0.2) is 24.3 Å². The molecule has 0 heterocycles. The molecule has 1 aromatic carbocycles. The minimum atomic E-state index is -1.38. The molecule has 11 nitrogen and oxygen atoms in total. The molecule has 0 spiro atoms. The van der Waals surface area contributed by atoms with Gasteiger partial charge in [0.2, 0.25) is 17.7 Å². The summed E-state index contributed by atoms with van der Waals surface area (Å²) in [6.45, 7) is 4.74. The highest BCUT2D eigenvalue weighted by atomic mass is 32.1. The van der Waals surface area contributed by atoms with Gasteiger partial charge in [-0.05, 0) is 30.5 Å². The zero-order valence-corrected chi connectivity index (χ0v) is 19.6. The summed E-state index contributed by atoms with van der Waals surface area (Å²) in [5, 5.41) is 35.8. The Morgan fingerprint density at radius 1 is 0.939 bits per heavy atom. The molecule has 3 amide bonds. The summed E-state index contributed by atoms with van der Waals surface area (Å²) in [4.78, 5) is 49.1. The van der Waals surface area contributed by atoms with Crippen molar-refractivity contribution in [1.82, 2.24) is 16.0 Å². The van der Waals surface area contributed by atoms with Crippen molar-refractivity contribution in [2.45, 2.75) is 57.5 Å². The molecule has 5 unspecified atom stereocenters. The molecule has 12 heteroatoms. The Labute approximate surface area is 197 Å². The molecule has 184 valence electrons. The molecule has 1 rings (SSSR count). The van der Waals surface area contributed by atoms with E-state index in [2.05, 4.69) is 28.6 Å². The van der Waals surface area contributed by atoms with Crippen LogP contribution in [0.1, 0.15) is 26.3 Å². The number of aromatic hydroxyl groups is 1. The third-order valence-corrected chi connectivity index (χ3v) is 5.26. The van der Waals surface area contributed by atoms with Crippen LogP contribution in [0.4, 0.5) is 0 Å². The Morgan fingerprint density at radius 3 is 1.94 bits per heavy atom. The fourth-order valence-corrected chi connectivity index (χ4v) is 3.01. The molecule has 0 aliphatic rings. The van der Waals surface area contributed by atoms with E-state index in [0.29, 0.717) is 5.56 Å². The Hall–Kier alpha value is -2.83. The lowest BCUT2D eigenvalue weighted by atomic mass is 10.0. The number of aliphatic carboxylic acids is 1. The Bertz CT molecular complexity index is 832. The van der Waals surface area contributed by atoms with Crippen LogP contribution in [0.3, 0.4) is 0 Å². The van der Waals surface area contributed by atoms with Gasteiger partial charge < -0.3 is 37.0 Å². The van der Waals surface area contributed by atoms with Crippen molar-refractivity contribution < 1.29 is 34.5 Å². The summed E-state index contributed by atoms with van der Waals surface area (Å²) in [7, 11) is 0. The van der Waals surface area contributed by atoms with E-state index in [4.69, 9.17) is 5.73 Å². The van der Waals surface area contributed by atoms with Crippen LogP contribution in [0.25, 0.3) is 0 Å². The van der Waals surface area contributed by atoms with Crippen molar-refractivity contribution in [1.29, 1.82) is 0 Å². The molecule has 0 saturated carbocycles. The van der Waals surface area contributed by atoms with E-state index in [1.54, 1.807) is 13.8 Å². The lowest BCUT2D eigenvalue weighted by Crippen LogP contribution is -2.60. The summed E-state index contributed by atoms with van der Waals surface area (Å²) in [5.41, 5.74) is 6.33. The average molecular weight is 485 g/mol. The SMILES string of the molecule is CC(C)C(N)C(=O)NC(C(=O)NC(CS)C(=O)NC(Cc1ccc(O)cc1)C(=O)O)C(C)O. The first-order chi connectivity index (χ1) is 15.4. The molecule has 8 N–H and O–H groups in total. The van der Waals surface area contributed by atoms with Crippen LogP contribution >= 0.6 is 12.6 Å². The number of amides is 3. The van der Waals surface area contributed by atoms with Gasteiger partial charge in [-0.2, -0.15) is 12.6 Å². The van der Waals surface area contributed by atoms with Crippen molar-refractivity contribution in [3.05, 3.63) is 29.8 Å². The van der Waals surface area contributed by atoms with Crippen molar-refractivity contribution in [3.63, 3.8) is 0 Å². The smallest absolute Gasteiger partial charge is 0.326 e. The second-order valence-corrected chi connectivity index (χ2v) is 8.38. The Morgan fingerprint density at radius 2 is 1.48 bits per heavy atom. The fraction of sp³-hybridized carbons (Fsp3) is 0.524. The zero-order chi connectivity index (χ0) is 25.3. The molecule has 1 aromatic rings. The highest BCUT2D eigenvalue weighted by Gasteiger charge is 2.32. The molecule has 33 heavy (non-hydrogen) atoms. The first-order valence-electron chi connectivity index (χ1n) is 10.3. The molecule has 0 bridgehead atoms. The lowest BCUT2D eigenvalue weighted by molar-refractivity contribution is -0.142. The number of aliphatic hydroxyl groups is 1. The summed E-state index contributed by atoms with van der Waals surface area (Å²) in [6.07, 6.45) is -1.35. The van der Waals surface area contributed by atoms with Gasteiger partial charge in [-0.3, -0.25) is 14.4 Å². The van der Waals surface area contributed by atoms with Crippen LogP contribution in [-0.4, -0.2) is 75.0 Å². The molecular formula is C21H32N4O7S. The number of hydrogen-bond acceptors (Lipinski definition) is 8. The maximum absolute atomic E-state index is 12.6. The number of phenolic OH excluding ortho intramolecular Hbond substituents is 1. The topological polar surface area (TPSA) is 191 Å². The lowest BCUT2D eigenvalue weighted by Gasteiger charge is -2.26. The van der Waals surface area contributed by atoms with Crippen LogP contribution < -0.4 is 21.7 Å². The number of thiol groups is 1. The number of aliphatic hydroxyl groups excluding tert-OH is 1. The number of nitrogens with one attached hydrogen (secondary N) is 3. The quantitative estimate of drug-likeness (QED) is 0.169. The van der Waals surface area contributed by atoms with E-state index in [1.165, 1.54) is 31.2 Å². The summed E-state index contributed by atoms with van der Waals surface area (Å²) in [5.74, 6) is -3.96. The predicted octanol–water partition coefficient (Wildman–Crippen LogP) is -1.23. The number of benzene rings is 1. The van der Waals surface area contributed by atoms with Gasteiger partial charge in [-0.25, -0.2) is 4.79 Å². The van der Waals surface area contributed by atoms with Gasteiger partial charge in [0.1, 0.15) is 23.9 Å². The van der Waals surface area contributed by atoms with E-state index in [9.17, 15) is 34.5 Å². The van der Waals surface area contributed by atoms with E-state index in [1.807, 2.05) is 0 Å². The fourth-order valence-electron chi connectivity index (χ4n) is 2.75. The number of carbonyl (C=O) groups excluding carboxylic acids is 3. The monoisotopic (exact) mass is 484 g/mol. The molecule has 0 aliphatic heterocycles. The van der Waals surface area contributed by atoms with Crippen LogP contribution in [-0.2, 0) is 25.6 Å². The van der Waals surface area contributed by atoms with Crippen LogP contribution in [0.5, 0.6) is 5.75 Å². The molecular weight excluding hydrogens is 452 g/mol. The highest BCUT2D eigenvalue weighted by molar-refractivity contribution is 7.80. The van der Waals surface area contributed by atoms with Crippen molar-refractivity contribution in [2.75, 3.05) is 5.75 Å². The van der Waals surface area contributed by atoms with Gasteiger partial charge in [0.25, 0.3) is 0 Å². The number of carboxylic acids is 1. The number of rotatable bonds is 12. The van der Waals surface area contributed by atoms with Crippen LogP contribution in [0, 0.1) is 5.92 Å². The molecule has 0 saturated heterocycles. The van der Waals surface area contributed by atoms with E-state index < -0.39 is 54.0 Å². The first-order valence-corrected chi connectivity index (χ1v) is 11.0. The van der Waals surface area contributed by atoms with Gasteiger partial charge in [0.15, 0.2) is 0 Å². The molecule has 0 fully saturated rings. The van der Waals surface area contributed by atoms with Crippen LogP contribution in [0.2, 0.25) is 0 Å². The van der Waals surface area contributed by atoms with E-state index >= 15 is 0 Å². The Kier molecular flexibility index (Phi) is 11.1. The average Bonchev–Trinajstić information content (AvgIpc) is 2.75. The number of carbonyl (C=O) groups is 4. The predicted molar refractivity (Wildman–Crippen MR) is 124 cm³/mol. The minimum absolute atomic E-state index is 0.0154. The maximum atomic E-state index is 12.6. The van der Waals surface area contributed by atoms with Crippen molar-refractivity contribution in [3.8, 4) is 5.75 Å². The van der Waals surface area contributed by atoms with Crippen molar-refractivity contribution >= 4 is 36.3 Å². The Balaban J connectivity index is 2.86. The van der Waals surface area contributed by atoms with Gasteiger partial charge >= 0.3 is 5.97 Å². The summed E-state index contributed by atoms with van der Waals surface area (Å²) < 4.78 is 0. The normalized spacial score (nSPS) is 15.6. The first kappa shape index (κ1) is 28.2. The molecule has 0 radical (unpaired) electrons. The highest BCUT2D eigenvalue weighted by Crippen LogP contribution is 2.12. The largest absolute Gasteiger partial charge is 0.508 e. The number of carboxylic acid groups (broad SMARTS) is 1. The maximum Gasteiger partial charge on any atom is 0.326 e. The second-order valence-electron chi connectivity index (χ2n) is 8.01. The van der Waals surface area contributed by atoms with E-state index in [-0.39, 0.29) is 23.8 Å². The summed E-state index contributed by atoms with van der Waals surface area (Å²) in [6, 6.07) is 0.992. The van der Waals surface area contributed by atoms with Crippen molar-refractivity contribution in [2.24, 2.45) is 11.7 Å². The number of phenols is 1. The number of hydrogen-bond donors (Lipinski definition) is 8. The van der Waals surface area contributed by atoms with Gasteiger partial charge in [-0.15, -0.1) is 0 Å². The van der Waals surface area contributed by atoms with E-state index in [0.717, 1.165) is 0 Å². The zero-order valence-electron chi connectivity index (χ0n) is 18.7. The molecule has 5 atom stereocenters.